The molecule has 2 rings (SSSR count). The minimum absolute atomic E-state index is 0.0821. The van der Waals surface area contributed by atoms with Crippen molar-refractivity contribution < 1.29 is 14.0 Å². The van der Waals surface area contributed by atoms with Gasteiger partial charge in [-0.15, -0.1) is 0 Å². The van der Waals surface area contributed by atoms with E-state index in [-0.39, 0.29) is 11.5 Å². The van der Waals surface area contributed by atoms with E-state index < -0.39 is 23.5 Å². The molecule has 0 radical (unpaired) electrons. The highest BCUT2D eigenvalue weighted by Gasteiger charge is 2.26. The first-order valence-corrected chi connectivity index (χ1v) is 9.61. The van der Waals surface area contributed by atoms with Crippen molar-refractivity contribution in [2.75, 3.05) is 0 Å². The minimum atomic E-state index is -0.832. The Kier molecular flexibility index (Phi) is 7.55. The molecule has 1 heterocycles. The number of primary amides is 1. The molecule has 2 aromatic rings. The molecule has 0 fully saturated rings. The molecule has 0 saturated carbocycles. The van der Waals surface area contributed by atoms with Crippen molar-refractivity contribution in [3.05, 3.63) is 69.3 Å². The van der Waals surface area contributed by atoms with Crippen LogP contribution in [0.4, 0.5) is 0 Å². The highest BCUT2D eigenvalue weighted by molar-refractivity contribution is 5.98. The number of amides is 2. The zero-order valence-corrected chi connectivity index (χ0v) is 16.7. The number of carbonyl (C=O) groups excluding carboxylic acids is 2. The zero-order chi connectivity index (χ0) is 20.7. The predicted octanol–water partition coefficient (Wildman–Crippen LogP) is 2.75. The Morgan fingerprint density at radius 1 is 1.18 bits per heavy atom. The maximum absolute atomic E-state index is 12.6. The molecule has 0 aliphatic rings. The molecule has 0 spiro atoms. The van der Waals surface area contributed by atoms with Gasteiger partial charge in [0.05, 0.1) is 0 Å². The topological polar surface area (TPSA) is 102 Å². The van der Waals surface area contributed by atoms with Crippen LogP contribution in [0.1, 0.15) is 53.9 Å². The lowest BCUT2D eigenvalue weighted by atomic mass is 9.98. The van der Waals surface area contributed by atoms with Crippen molar-refractivity contribution in [1.29, 1.82) is 0 Å². The van der Waals surface area contributed by atoms with Gasteiger partial charge in [-0.05, 0) is 42.9 Å². The lowest BCUT2D eigenvalue weighted by Gasteiger charge is -2.21. The maximum atomic E-state index is 12.6. The molecule has 6 heteroatoms. The van der Waals surface area contributed by atoms with Crippen LogP contribution >= 0.6 is 0 Å². The Morgan fingerprint density at radius 2 is 1.86 bits per heavy atom. The van der Waals surface area contributed by atoms with Crippen LogP contribution in [0.2, 0.25) is 0 Å². The molecule has 2 amide bonds. The van der Waals surface area contributed by atoms with Gasteiger partial charge in [-0.25, -0.2) is 4.79 Å². The summed E-state index contributed by atoms with van der Waals surface area (Å²) in [6, 6.07) is 10.9. The standard InChI is InChI=1S/C22H28N2O4/c1-4-14(2)19(20(23)25)24-21(26)18-15(3)13-17(28-22(18)27)12-8-11-16-9-6-5-7-10-16/h5-7,9-10,13-14,19H,4,8,11-12H2,1-3H3,(H2,23,25)(H,24,26)/t14-,19-/m0/s1. The van der Waals surface area contributed by atoms with Gasteiger partial charge in [-0.1, -0.05) is 50.6 Å². The highest BCUT2D eigenvalue weighted by atomic mass is 16.4. The number of hydrogen-bond donors (Lipinski definition) is 2. The number of benzene rings is 1. The molecular formula is C22H28N2O4. The van der Waals surface area contributed by atoms with Crippen LogP contribution in [-0.2, 0) is 17.6 Å². The molecule has 2 atom stereocenters. The molecule has 0 saturated heterocycles. The largest absolute Gasteiger partial charge is 0.427 e. The summed E-state index contributed by atoms with van der Waals surface area (Å²) < 4.78 is 5.34. The van der Waals surface area contributed by atoms with E-state index >= 15 is 0 Å². The lowest BCUT2D eigenvalue weighted by molar-refractivity contribution is -0.120. The molecule has 1 aromatic heterocycles. The second-order valence-corrected chi connectivity index (χ2v) is 7.14. The highest BCUT2D eigenvalue weighted by Crippen LogP contribution is 2.13. The summed E-state index contributed by atoms with van der Waals surface area (Å²) in [4.78, 5) is 36.6. The Morgan fingerprint density at radius 3 is 2.43 bits per heavy atom. The van der Waals surface area contributed by atoms with Gasteiger partial charge in [0.15, 0.2) is 0 Å². The van der Waals surface area contributed by atoms with Gasteiger partial charge in [0.25, 0.3) is 5.91 Å². The molecule has 1 aromatic carbocycles. The molecule has 0 aliphatic heterocycles. The van der Waals surface area contributed by atoms with E-state index in [1.807, 2.05) is 32.0 Å². The van der Waals surface area contributed by atoms with Crippen molar-refractivity contribution in [1.82, 2.24) is 5.32 Å². The van der Waals surface area contributed by atoms with Gasteiger partial charge >= 0.3 is 5.63 Å². The molecular weight excluding hydrogens is 356 g/mol. The van der Waals surface area contributed by atoms with E-state index in [1.165, 1.54) is 5.56 Å². The third-order valence-corrected chi connectivity index (χ3v) is 4.96. The van der Waals surface area contributed by atoms with Gasteiger partial charge in [0.2, 0.25) is 5.91 Å². The fourth-order valence-corrected chi connectivity index (χ4v) is 3.12. The molecule has 28 heavy (non-hydrogen) atoms. The van der Waals surface area contributed by atoms with Gasteiger partial charge in [-0.3, -0.25) is 9.59 Å². The number of hydrogen-bond acceptors (Lipinski definition) is 4. The summed E-state index contributed by atoms with van der Waals surface area (Å²) in [5.41, 5.74) is 6.36. The third kappa shape index (κ3) is 5.55. The van der Waals surface area contributed by atoms with E-state index in [0.29, 0.717) is 24.2 Å². The van der Waals surface area contributed by atoms with E-state index in [0.717, 1.165) is 12.8 Å². The third-order valence-electron chi connectivity index (χ3n) is 4.96. The summed E-state index contributed by atoms with van der Waals surface area (Å²) >= 11 is 0. The van der Waals surface area contributed by atoms with Crippen LogP contribution in [0.3, 0.4) is 0 Å². The van der Waals surface area contributed by atoms with Crippen LogP contribution in [0.15, 0.2) is 45.6 Å². The van der Waals surface area contributed by atoms with Crippen molar-refractivity contribution >= 4 is 11.8 Å². The Bertz CT molecular complexity index is 874. The van der Waals surface area contributed by atoms with Crippen LogP contribution < -0.4 is 16.7 Å². The van der Waals surface area contributed by atoms with Crippen LogP contribution in [0.5, 0.6) is 0 Å². The van der Waals surface area contributed by atoms with Crippen molar-refractivity contribution in [2.24, 2.45) is 11.7 Å². The Hall–Kier alpha value is -2.89. The smallest absolute Gasteiger partial charge is 0.349 e. The molecule has 0 bridgehead atoms. The molecule has 6 nitrogen and oxygen atoms in total. The van der Waals surface area contributed by atoms with Crippen molar-refractivity contribution in [3.63, 3.8) is 0 Å². The van der Waals surface area contributed by atoms with Crippen LogP contribution in [0.25, 0.3) is 0 Å². The lowest BCUT2D eigenvalue weighted by Crippen LogP contribution is -2.49. The Balaban J connectivity index is 2.09. The fraction of sp³-hybridized carbons (Fsp3) is 0.409. The van der Waals surface area contributed by atoms with E-state index in [2.05, 4.69) is 17.4 Å². The first-order valence-electron chi connectivity index (χ1n) is 9.61. The first kappa shape index (κ1) is 21.4. The van der Waals surface area contributed by atoms with Gasteiger partial charge in [-0.2, -0.15) is 0 Å². The maximum Gasteiger partial charge on any atom is 0.349 e. The summed E-state index contributed by atoms with van der Waals surface area (Å²) in [5, 5.41) is 2.58. The summed E-state index contributed by atoms with van der Waals surface area (Å²) in [5.74, 6) is -0.845. The fourth-order valence-electron chi connectivity index (χ4n) is 3.12. The number of nitrogens with one attached hydrogen (secondary N) is 1. The van der Waals surface area contributed by atoms with Gasteiger partial charge < -0.3 is 15.5 Å². The zero-order valence-electron chi connectivity index (χ0n) is 16.7. The normalized spacial score (nSPS) is 13.0. The number of carbonyl (C=O) groups is 2. The quantitative estimate of drug-likeness (QED) is 0.694. The summed E-state index contributed by atoms with van der Waals surface area (Å²) in [7, 11) is 0. The molecule has 0 unspecified atom stereocenters. The van der Waals surface area contributed by atoms with E-state index in [9.17, 15) is 14.4 Å². The molecule has 0 aliphatic carbocycles. The van der Waals surface area contributed by atoms with E-state index in [4.69, 9.17) is 10.2 Å². The summed E-state index contributed by atoms with van der Waals surface area (Å²) in [6.07, 6.45) is 2.97. The van der Waals surface area contributed by atoms with Gasteiger partial charge in [0, 0.05) is 6.42 Å². The SMILES string of the molecule is CC[C@H](C)[C@H](NC(=O)c1c(C)cc(CCCc2ccccc2)oc1=O)C(N)=O. The average molecular weight is 384 g/mol. The predicted molar refractivity (Wildman–Crippen MR) is 108 cm³/mol. The summed E-state index contributed by atoms with van der Waals surface area (Å²) in [6.45, 7) is 5.41. The van der Waals surface area contributed by atoms with E-state index in [1.54, 1.807) is 13.0 Å². The number of nitrogens with two attached hydrogens (primary N) is 1. The monoisotopic (exact) mass is 384 g/mol. The molecule has 150 valence electrons. The van der Waals surface area contributed by atoms with Crippen molar-refractivity contribution in [3.8, 4) is 0 Å². The molecule has 3 N–H and O–H groups in total. The second kappa shape index (κ2) is 9.88. The number of rotatable bonds is 9. The van der Waals surface area contributed by atoms with Crippen molar-refractivity contribution in [2.45, 2.75) is 52.5 Å². The van der Waals surface area contributed by atoms with Crippen LogP contribution in [-0.4, -0.2) is 17.9 Å². The number of aryl methyl sites for hydroxylation is 3. The van der Waals surface area contributed by atoms with Gasteiger partial charge in [0.1, 0.15) is 17.4 Å². The second-order valence-electron chi connectivity index (χ2n) is 7.14. The van der Waals surface area contributed by atoms with Crippen LogP contribution in [0, 0.1) is 12.8 Å². The first-order chi connectivity index (χ1) is 13.3. The Labute approximate surface area is 165 Å². The minimum Gasteiger partial charge on any atom is -0.427 e. The average Bonchev–Trinajstić information content (AvgIpc) is 2.65.